The van der Waals surface area contributed by atoms with Gasteiger partial charge in [0.05, 0.1) is 6.61 Å². The van der Waals surface area contributed by atoms with Crippen LogP contribution < -0.4 is 10.1 Å². The number of carbonyl (C=O) groups excluding carboxylic acids is 4. The number of amides is 1. The molecule has 0 aliphatic rings. The smallest absolute Gasteiger partial charge is 0.463 e. The molecule has 0 aliphatic carbocycles. The Morgan fingerprint density at radius 2 is 1.31 bits per heavy atom. The molecule has 0 bridgehead atoms. The van der Waals surface area contributed by atoms with Crippen LogP contribution in [0.1, 0.15) is 87.8 Å². The molecule has 0 saturated carbocycles. The number of ether oxygens (including phenoxy) is 5. The van der Waals surface area contributed by atoms with Crippen LogP contribution in [0.2, 0.25) is 0 Å². The molecule has 1 heterocycles. The van der Waals surface area contributed by atoms with Crippen LogP contribution >= 0.6 is 0 Å². The average molecular weight is 715 g/mol. The van der Waals surface area contributed by atoms with Crippen LogP contribution in [0.3, 0.4) is 0 Å². The molecule has 0 saturated heterocycles. The largest absolute Gasteiger partial charge is 0.514 e. The highest BCUT2D eigenvalue weighted by Gasteiger charge is 2.26. The van der Waals surface area contributed by atoms with Crippen molar-refractivity contribution < 1.29 is 42.9 Å². The Morgan fingerprint density at radius 1 is 0.692 bits per heavy atom. The molecule has 1 amide bonds. The number of aromatic nitrogens is 1. The molecule has 278 valence electrons. The molecular formula is C41H50N2O9. The van der Waals surface area contributed by atoms with E-state index in [1.165, 1.54) is 44.9 Å². The van der Waals surface area contributed by atoms with Crippen molar-refractivity contribution in [2.24, 2.45) is 0 Å². The van der Waals surface area contributed by atoms with Crippen molar-refractivity contribution in [1.29, 1.82) is 0 Å². The zero-order valence-corrected chi connectivity index (χ0v) is 29.9. The van der Waals surface area contributed by atoms with Gasteiger partial charge in [0.25, 0.3) is 0 Å². The number of hydrogen-bond acceptors (Lipinski definition) is 9. The number of benzene rings is 3. The van der Waals surface area contributed by atoms with Gasteiger partial charge in [0.1, 0.15) is 25.0 Å². The van der Waals surface area contributed by atoms with Crippen LogP contribution in [0, 0.1) is 0 Å². The summed E-state index contributed by atoms with van der Waals surface area (Å²) in [6.07, 6.45) is 11.6. The van der Waals surface area contributed by atoms with Gasteiger partial charge in [0, 0.05) is 23.5 Å². The van der Waals surface area contributed by atoms with E-state index in [-0.39, 0.29) is 32.0 Å². The van der Waals surface area contributed by atoms with Gasteiger partial charge in [-0.25, -0.2) is 19.2 Å². The SMILES string of the molecule is CCCCCCCCCCCCOC(=O)COC(=O)C(Cc1c[nH]c2ccc(OC(=O)OCc3ccccc3)cc12)NC(=O)OCc1ccccc1. The lowest BCUT2D eigenvalue weighted by Gasteiger charge is -2.17. The maximum absolute atomic E-state index is 13.3. The first kappa shape index (κ1) is 39.5. The molecule has 4 aromatic rings. The fourth-order valence-electron chi connectivity index (χ4n) is 5.60. The first-order chi connectivity index (χ1) is 25.4. The number of nitrogens with one attached hydrogen (secondary N) is 2. The Kier molecular flexibility index (Phi) is 17.1. The third kappa shape index (κ3) is 14.5. The van der Waals surface area contributed by atoms with E-state index in [0.29, 0.717) is 16.5 Å². The summed E-state index contributed by atoms with van der Waals surface area (Å²) in [5, 5.41) is 3.22. The Morgan fingerprint density at radius 3 is 1.96 bits per heavy atom. The predicted molar refractivity (Wildman–Crippen MR) is 197 cm³/mol. The molecule has 52 heavy (non-hydrogen) atoms. The van der Waals surface area contributed by atoms with E-state index in [1.54, 1.807) is 24.4 Å². The molecular weight excluding hydrogens is 664 g/mol. The highest BCUT2D eigenvalue weighted by molar-refractivity contribution is 5.88. The standard InChI is InChI=1S/C41H50N2O9/c1-2-3-4-5-6-7-8-9-10-17-24-48-38(44)30-49-39(45)37(43-40(46)50-28-31-18-13-11-14-19-31)25-33-27-42-36-23-22-34(26-35(33)36)52-41(47)51-29-32-20-15-12-16-21-32/h11-16,18-23,26-27,37,42H,2-10,17,24-25,28-30H2,1H3,(H,43,46). The fourth-order valence-corrected chi connectivity index (χ4v) is 5.60. The zero-order valence-electron chi connectivity index (χ0n) is 29.9. The number of alkyl carbamates (subject to hydrolysis) is 1. The molecule has 11 heteroatoms. The monoisotopic (exact) mass is 714 g/mol. The second kappa shape index (κ2) is 22.5. The summed E-state index contributed by atoms with van der Waals surface area (Å²) >= 11 is 0. The Labute approximate surface area is 305 Å². The van der Waals surface area contributed by atoms with E-state index >= 15 is 0 Å². The Balaban J connectivity index is 1.30. The lowest BCUT2D eigenvalue weighted by molar-refractivity contribution is -0.160. The van der Waals surface area contributed by atoms with Crippen LogP contribution in [-0.2, 0) is 48.2 Å². The summed E-state index contributed by atoms with van der Waals surface area (Å²) < 4.78 is 26.6. The van der Waals surface area contributed by atoms with Gasteiger partial charge in [-0.1, -0.05) is 125 Å². The molecule has 4 rings (SSSR count). The molecule has 0 spiro atoms. The molecule has 0 aliphatic heterocycles. The van der Waals surface area contributed by atoms with Gasteiger partial charge in [-0.2, -0.15) is 0 Å². The van der Waals surface area contributed by atoms with Crippen LogP contribution in [0.5, 0.6) is 5.75 Å². The normalized spacial score (nSPS) is 11.4. The van der Waals surface area contributed by atoms with Crippen LogP contribution in [-0.4, -0.2) is 48.4 Å². The van der Waals surface area contributed by atoms with E-state index in [0.717, 1.165) is 30.4 Å². The van der Waals surface area contributed by atoms with Gasteiger partial charge < -0.3 is 34.0 Å². The summed E-state index contributed by atoms with van der Waals surface area (Å²) in [6.45, 7) is 1.92. The number of hydrogen-bond donors (Lipinski definition) is 2. The number of aromatic amines is 1. The number of unbranched alkanes of at least 4 members (excludes halogenated alkanes) is 9. The molecule has 11 nitrogen and oxygen atoms in total. The number of carbonyl (C=O) groups is 4. The van der Waals surface area contributed by atoms with Crippen molar-refractivity contribution in [3.05, 3.63) is 102 Å². The predicted octanol–water partition coefficient (Wildman–Crippen LogP) is 8.73. The maximum Gasteiger partial charge on any atom is 0.514 e. The average Bonchev–Trinajstić information content (AvgIpc) is 3.56. The second-order valence-corrected chi connectivity index (χ2v) is 12.6. The van der Waals surface area contributed by atoms with Gasteiger partial charge in [-0.3, -0.25) is 0 Å². The highest BCUT2D eigenvalue weighted by atomic mass is 16.7. The Bertz CT molecular complexity index is 1670. The molecule has 2 N–H and O–H groups in total. The number of esters is 2. The van der Waals surface area contributed by atoms with Crippen molar-refractivity contribution in [3.63, 3.8) is 0 Å². The van der Waals surface area contributed by atoms with E-state index in [1.807, 2.05) is 60.7 Å². The zero-order chi connectivity index (χ0) is 36.8. The van der Waals surface area contributed by atoms with Crippen LogP contribution in [0.4, 0.5) is 9.59 Å². The summed E-state index contributed by atoms with van der Waals surface area (Å²) in [6, 6.07) is 22.1. The lowest BCUT2D eigenvalue weighted by atomic mass is 10.0. The summed E-state index contributed by atoms with van der Waals surface area (Å²) in [5.74, 6) is -1.27. The van der Waals surface area contributed by atoms with Crippen molar-refractivity contribution in [2.75, 3.05) is 13.2 Å². The maximum atomic E-state index is 13.3. The molecule has 1 atom stereocenters. The van der Waals surface area contributed by atoms with E-state index in [4.69, 9.17) is 23.7 Å². The van der Waals surface area contributed by atoms with Crippen molar-refractivity contribution in [1.82, 2.24) is 10.3 Å². The van der Waals surface area contributed by atoms with Crippen molar-refractivity contribution in [2.45, 2.75) is 96.8 Å². The highest BCUT2D eigenvalue weighted by Crippen LogP contribution is 2.25. The second-order valence-electron chi connectivity index (χ2n) is 12.6. The summed E-state index contributed by atoms with van der Waals surface area (Å²) in [5.41, 5.74) is 2.91. The summed E-state index contributed by atoms with van der Waals surface area (Å²) in [4.78, 5) is 54.0. The van der Waals surface area contributed by atoms with Crippen LogP contribution in [0.15, 0.2) is 85.1 Å². The van der Waals surface area contributed by atoms with Crippen molar-refractivity contribution >= 4 is 35.1 Å². The van der Waals surface area contributed by atoms with Crippen LogP contribution in [0.25, 0.3) is 10.9 Å². The minimum atomic E-state index is -1.21. The van der Waals surface area contributed by atoms with Gasteiger partial charge >= 0.3 is 24.2 Å². The fraction of sp³-hybridized carbons (Fsp3) is 0.415. The molecule has 0 fully saturated rings. The summed E-state index contributed by atoms with van der Waals surface area (Å²) in [7, 11) is 0. The topological polar surface area (TPSA) is 142 Å². The number of fused-ring (bicyclic) bond motifs is 1. The minimum absolute atomic E-state index is 0.00607. The van der Waals surface area contributed by atoms with E-state index < -0.39 is 36.8 Å². The molecule has 0 radical (unpaired) electrons. The molecule has 1 aromatic heterocycles. The molecule has 3 aromatic carbocycles. The first-order valence-electron chi connectivity index (χ1n) is 18.2. The van der Waals surface area contributed by atoms with E-state index in [2.05, 4.69) is 17.2 Å². The minimum Gasteiger partial charge on any atom is -0.463 e. The van der Waals surface area contributed by atoms with Gasteiger partial charge in [0.2, 0.25) is 0 Å². The first-order valence-corrected chi connectivity index (χ1v) is 18.2. The quantitative estimate of drug-likeness (QED) is 0.0354. The Hall–Kier alpha value is -5.32. The van der Waals surface area contributed by atoms with Crippen molar-refractivity contribution in [3.8, 4) is 5.75 Å². The molecule has 1 unspecified atom stereocenters. The van der Waals surface area contributed by atoms with Gasteiger partial charge in [-0.15, -0.1) is 0 Å². The lowest BCUT2D eigenvalue weighted by Crippen LogP contribution is -2.44. The van der Waals surface area contributed by atoms with E-state index in [9.17, 15) is 19.2 Å². The van der Waals surface area contributed by atoms with Gasteiger partial charge in [0.15, 0.2) is 6.61 Å². The number of H-pyrrole nitrogens is 1. The third-order valence-electron chi connectivity index (χ3n) is 8.45. The number of rotatable bonds is 22. The van der Waals surface area contributed by atoms with Gasteiger partial charge in [-0.05, 0) is 41.3 Å². The third-order valence-corrected chi connectivity index (χ3v) is 8.45.